The van der Waals surface area contributed by atoms with Crippen LogP contribution in [0.2, 0.25) is 0 Å². The number of para-hydroxylation sites is 2. The van der Waals surface area contributed by atoms with Gasteiger partial charge in [0.15, 0.2) is 6.10 Å². The number of hydrogen-bond donors (Lipinski definition) is 1. The van der Waals surface area contributed by atoms with E-state index >= 15 is 0 Å². The average Bonchev–Trinajstić information content (AvgIpc) is 3.23. The molecule has 144 valence electrons. The minimum atomic E-state index is -0.972. The number of imidazole rings is 1. The van der Waals surface area contributed by atoms with Crippen molar-refractivity contribution in [2.24, 2.45) is 0 Å². The van der Waals surface area contributed by atoms with Gasteiger partial charge in [0.1, 0.15) is 0 Å². The molecule has 4 aromatic rings. The van der Waals surface area contributed by atoms with Gasteiger partial charge in [0.25, 0.3) is 5.91 Å². The third-order valence-electron chi connectivity index (χ3n) is 4.54. The molecule has 0 aliphatic carbocycles. The number of nitrogens with zero attached hydrogens (tertiary/aromatic N) is 2. The third-order valence-corrected chi connectivity index (χ3v) is 4.54. The number of aromatic nitrogens is 2. The van der Waals surface area contributed by atoms with Crippen LogP contribution >= 0.6 is 0 Å². The number of amides is 1. The first-order valence-electron chi connectivity index (χ1n) is 9.21. The molecule has 0 spiro atoms. The molecular weight excluding hydrogens is 366 g/mol. The predicted octanol–water partition coefficient (Wildman–Crippen LogP) is 4.47. The fourth-order valence-corrected chi connectivity index (χ4v) is 3.08. The summed E-state index contributed by atoms with van der Waals surface area (Å²) < 4.78 is 5.48. The highest BCUT2D eigenvalue weighted by Crippen LogP contribution is 2.26. The molecule has 1 heterocycles. The van der Waals surface area contributed by atoms with E-state index in [1.807, 2.05) is 60.7 Å². The van der Waals surface area contributed by atoms with Gasteiger partial charge in [0.05, 0.1) is 22.9 Å². The summed E-state index contributed by atoms with van der Waals surface area (Å²) in [7, 11) is 0. The summed E-state index contributed by atoms with van der Waals surface area (Å²) in [6.07, 6.45) is 0.587. The van der Waals surface area contributed by atoms with E-state index in [1.54, 1.807) is 36.4 Å². The maximum Gasteiger partial charge on any atom is 0.338 e. The Morgan fingerprint density at radius 1 is 0.931 bits per heavy atom. The van der Waals surface area contributed by atoms with Crippen LogP contribution in [0.25, 0.3) is 11.0 Å². The van der Waals surface area contributed by atoms with Crippen molar-refractivity contribution in [3.63, 3.8) is 0 Å². The van der Waals surface area contributed by atoms with Crippen molar-refractivity contribution in [2.45, 2.75) is 13.0 Å². The van der Waals surface area contributed by atoms with Crippen LogP contribution in [-0.4, -0.2) is 27.9 Å². The van der Waals surface area contributed by atoms with E-state index in [9.17, 15) is 9.59 Å². The van der Waals surface area contributed by atoms with E-state index in [-0.39, 0.29) is 5.91 Å². The van der Waals surface area contributed by atoms with Gasteiger partial charge in [-0.1, -0.05) is 36.4 Å². The number of fused-ring (bicyclic) bond motifs is 1. The predicted molar refractivity (Wildman–Crippen MR) is 111 cm³/mol. The minimum Gasteiger partial charge on any atom is -0.449 e. The summed E-state index contributed by atoms with van der Waals surface area (Å²) >= 11 is 0. The third kappa shape index (κ3) is 3.87. The van der Waals surface area contributed by atoms with Crippen LogP contribution in [0.3, 0.4) is 0 Å². The molecule has 0 saturated carbocycles. The van der Waals surface area contributed by atoms with Crippen LogP contribution in [0.5, 0.6) is 0 Å². The van der Waals surface area contributed by atoms with Gasteiger partial charge in [-0.15, -0.1) is 0 Å². The molecule has 1 aromatic heterocycles. The Morgan fingerprint density at radius 2 is 1.55 bits per heavy atom. The number of ether oxygens (including phenoxy) is 1. The zero-order valence-electron chi connectivity index (χ0n) is 15.8. The molecule has 1 unspecified atom stereocenters. The standard InChI is InChI=1S/C23H19N3O3/c1-16(29-23(28)17-12-13-20-21(14-17)25-15-24-20)22(27)26(18-8-4-2-5-9-18)19-10-6-3-7-11-19/h2-16H,1H3,(H,24,25). The number of esters is 1. The molecule has 0 radical (unpaired) electrons. The molecule has 29 heavy (non-hydrogen) atoms. The van der Waals surface area contributed by atoms with Gasteiger partial charge >= 0.3 is 5.97 Å². The number of carbonyl (C=O) groups is 2. The van der Waals surface area contributed by atoms with E-state index in [2.05, 4.69) is 9.97 Å². The van der Waals surface area contributed by atoms with E-state index in [1.165, 1.54) is 0 Å². The second-order valence-electron chi connectivity index (χ2n) is 6.53. The molecule has 1 N–H and O–H groups in total. The van der Waals surface area contributed by atoms with Crippen LogP contribution in [0.1, 0.15) is 17.3 Å². The summed E-state index contributed by atoms with van der Waals surface area (Å²) in [4.78, 5) is 34.4. The number of nitrogens with one attached hydrogen (secondary N) is 1. The first-order valence-corrected chi connectivity index (χ1v) is 9.21. The van der Waals surface area contributed by atoms with Gasteiger partial charge in [0.2, 0.25) is 0 Å². The monoisotopic (exact) mass is 385 g/mol. The van der Waals surface area contributed by atoms with Crippen molar-refractivity contribution in [1.82, 2.24) is 9.97 Å². The van der Waals surface area contributed by atoms with Crippen LogP contribution in [0.4, 0.5) is 11.4 Å². The Morgan fingerprint density at radius 3 is 2.17 bits per heavy atom. The van der Waals surface area contributed by atoms with E-state index in [0.29, 0.717) is 16.9 Å². The van der Waals surface area contributed by atoms with E-state index < -0.39 is 12.1 Å². The number of hydrogen-bond acceptors (Lipinski definition) is 4. The number of anilines is 2. The summed E-state index contributed by atoms with van der Waals surface area (Å²) in [6, 6.07) is 23.6. The van der Waals surface area contributed by atoms with Gasteiger partial charge in [-0.3, -0.25) is 9.69 Å². The lowest BCUT2D eigenvalue weighted by molar-refractivity contribution is -0.125. The fraction of sp³-hybridized carbons (Fsp3) is 0.0870. The maximum atomic E-state index is 13.2. The van der Waals surface area contributed by atoms with Crippen molar-refractivity contribution in [3.8, 4) is 0 Å². The highest BCUT2D eigenvalue weighted by atomic mass is 16.5. The van der Waals surface area contributed by atoms with Crippen LogP contribution in [-0.2, 0) is 9.53 Å². The zero-order chi connectivity index (χ0) is 20.2. The lowest BCUT2D eigenvalue weighted by atomic mass is 10.2. The topological polar surface area (TPSA) is 75.3 Å². The van der Waals surface area contributed by atoms with Gasteiger partial charge in [-0.05, 0) is 49.4 Å². The number of H-pyrrole nitrogens is 1. The summed E-state index contributed by atoms with van der Waals surface area (Å²) in [5, 5.41) is 0. The van der Waals surface area contributed by atoms with Crippen molar-refractivity contribution < 1.29 is 14.3 Å². The molecule has 0 aliphatic rings. The van der Waals surface area contributed by atoms with Crippen LogP contribution in [0.15, 0.2) is 85.2 Å². The summed E-state index contributed by atoms with van der Waals surface area (Å²) in [5.74, 6) is -0.901. The molecule has 6 heteroatoms. The Kier molecular flexibility index (Phi) is 5.07. The largest absolute Gasteiger partial charge is 0.449 e. The zero-order valence-corrected chi connectivity index (χ0v) is 15.8. The van der Waals surface area contributed by atoms with Crippen molar-refractivity contribution >= 4 is 34.3 Å². The average molecular weight is 385 g/mol. The highest BCUT2D eigenvalue weighted by Gasteiger charge is 2.27. The first-order chi connectivity index (χ1) is 14.1. The van der Waals surface area contributed by atoms with Crippen LogP contribution < -0.4 is 4.90 Å². The lowest BCUT2D eigenvalue weighted by Crippen LogP contribution is -2.37. The highest BCUT2D eigenvalue weighted by molar-refractivity contribution is 6.04. The fourth-order valence-electron chi connectivity index (χ4n) is 3.08. The Balaban J connectivity index is 1.57. The molecule has 0 saturated heterocycles. The molecule has 3 aromatic carbocycles. The second-order valence-corrected chi connectivity index (χ2v) is 6.53. The Bertz CT molecular complexity index is 1100. The lowest BCUT2D eigenvalue weighted by Gasteiger charge is -2.26. The second kappa shape index (κ2) is 7.98. The minimum absolute atomic E-state index is 0.335. The van der Waals surface area contributed by atoms with Crippen molar-refractivity contribution in [3.05, 3.63) is 90.8 Å². The summed E-state index contributed by atoms with van der Waals surface area (Å²) in [6.45, 7) is 1.58. The molecule has 4 rings (SSSR count). The molecule has 0 aliphatic heterocycles. The molecule has 6 nitrogen and oxygen atoms in total. The number of benzene rings is 3. The van der Waals surface area contributed by atoms with E-state index in [4.69, 9.17) is 4.74 Å². The van der Waals surface area contributed by atoms with Crippen molar-refractivity contribution in [1.29, 1.82) is 0 Å². The van der Waals surface area contributed by atoms with Crippen LogP contribution in [0, 0.1) is 0 Å². The van der Waals surface area contributed by atoms with E-state index in [0.717, 1.165) is 11.0 Å². The molecule has 0 bridgehead atoms. The van der Waals surface area contributed by atoms with Gasteiger partial charge < -0.3 is 9.72 Å². The van der Waals surface area contributed by atoms with Crippen molar-refractivity contribution in [2.75, 3.05) is 4.90 Å². The number of carbonyl (C=O) groups excluding carboxylic acids is 2. The quantitative estimate of drug-likeness (QED) is 0.514. The molecule has 0 fully saturated rings. The molecule has 1 amide bonds. The smallest absolute Gasteiger partial charge is 0.338 e. The van der Waals surface area contributed by atoms with Gasteiger partial charge in [0, 0.05) is 11.4 Å². The number of aromatic amines is 1. The summed E-state index contributed by atoms with van der Waals surface area (Å²) in [5.41, 5.74) is 3.24. The Hall–Kier alpha value is -3.93. The SMILES string of the molecule is CC(OC(=O)c1ccc2nc[nH]c2c1)C(=O)N(c1ccccc1)c1ccccc1. The first kappa shape index (κ1) is 18.4. The maximum absolute atomic E-state index is 13.2. The van der Waals surface area contributed by atoms with Gasteiger partial charge in [-0.2, -0.15) is 0 Å². The number of rotatable bonds is 5. The normalized spacial score (nSPS) is 11.8. The Labute approximate surface area is 167 Å². The van der Waals surface area contributed by atoms with Gasteiger partial charge in [-0.25, -0.2) is 9.78 Å². The molecule has 1 atom stereocenters. The molecular formula is C23H19N3O3.